The van der Waals surface area contributed by atoms with Crippen LogP contribution >= 0.6 is 0 Å². The molecule has 1 atom stereocenters. The summed E-state index contributed by atoms with van der Waals surface area (Å²) in [6, 6.07) is 14.0. The van der Waals surface area contributed by atoms with Gasteiger partial charge in [-0.05, 0) is 67.1 Å². The molecule has 4 nitrogen and oxygen atoms in total. The average molecular weight is 334 g/mol. The van der Waals surface area contributed by atoms with Crippen LogP contribution in [0.25, 0.3) is 0 Å². The van der Waals surface area contributed by atoms with Gasteiger partial charge in [0.25, 0.3) is 0 Å². The van der Waals surface area contributed by atoms with Gasteiger partial charge in [-0.15, -0.1) is 0 Å². The number of carbonyl (C=O) groups excluding carboxylic acids is 2. The van der Waals surface area contributed by atoms with Crippen LogP contribution in [0.15, 0.2) is 42.5 Å². The van der Waals surface area contributed by atoms with Crippen molar-refractivity contribution in [2.75, 3.05) is 16.8 Å². The lowest BCUT2D eigenvalue weighted by Crippen LogP contribution is -2.28. The third-order valence-electron chi connectivity index (χ3n) is 5.18. The van der Waals surface area contributed by atoms with Crippen molar-refractivity contribution in [3.8, 4) is 0 Å². The number of aryl methyl sites for hydroxylation is 3. The molecule has 0 saturated carbocycles. The van der Waals surface area contributed by atoms with E-state index in [4.69, 9.17) is 0 Å². The van der Waals surface area contributed by atoms with E-state index in [-0.39, 0.29) is 24.2 Å². The van der Waals surface area contributed by atoms with Crippen molar-refractivity contribution in [2.24, 2.45) is 5.92 Å². The minimum Gasteiger partial charge on any atom is -0.326 e. The molecule has 1 saturated heterocycles. The molecule has 1 N–H and O–H groups in total. The Bertz CT molecular complexity index is 844. The van der Waals surface area contributed by atoms with Crippen molar-refractivity contribution in [1.29, 1.82) is 0 Å². The summed E-state index contributed by atoms with van der Waals surface area (Å²) in [7, 11) is 0. The zero-order chi connectivity index (χ0) is 17.4. The maximum Gasteiger partial charge on any atom is 0.229 e. The minimum atomic E-state index is -0.304. The Morgan fingerprint density at radius 2 is 1.96 bits per heavy atom. The summed E-state index contributed by atoms with van der Waals surface area (Å²) < 4.78 is 0. The first-order chi connectivity index (χ1) is 12.1. The van der Waals surface area contributed by atoms with Crippen LogP contribution in [0.5, 0.6) is 0 Å². The first-order valence-corrected chi connectivity index (χ1v) is 8.90. The molecule has 0 bridgehead atoms. The van der Waals surface area contributed by atoms with Crippen LogP contribution in [-0.2, 0) is 22.4 Å². The number of benzene rings is 2. The predicted octanol–water partition coefficient (Wildman–Crippen LogP) is 3.48. The molecule has 1 aliphatic heterocycles. The molecule has 2 aliphatic rings. The summed E-state index contributed by atoms with van der Waals surface area (Å²) in [6.07, 6.45) is 3.67. The summed E-state index contributed by atoms with van der Waals surface area (Å²) >= 11 is 0. The molecular formula is C21H22N2O2. The van der Waals surface area contributed by atoms with Gasteiger partial charge in [-0.3, -0.25) is 9.59 Å². The second-order valence-electron chi connectivity index (χ2n) is 7.07. The fourth-order valence-corrected chi connectivity index (χ4v) is 3.82. The molecular weight excluding hydrogens is 312 g/mol. The lowest BCUT2D eigenvalue weighted by atomic mass is 10.1. The first kappa shape index (κ1) is 15.9. The Kier molecular flexibility index (Phi) is 4.04. The molecule has 2 amide bonds. The van der Waals surface area contributed by atoms with Gasteiger partial charge < -0.3 is 10.2 Å². The van der Waals surface area contributed by atoms with Crippen LogP contribution in [-0.4, -0.2) is 18.4 Å². The Morgan fingerprint density at radius 3 is 2.80 bits per heavy atom. The first-order valence-electron chi connectivity index (χ1n) is 8.90. The SMILES string of the molecule is Cc1cccc(N2C[C@H](C(=O)Nc3ccc4c(c3)CCC4)CC2=O)c1. The zero-order valence-electron chi connectivity index (χ0n) is 14.4. The molecule has 0 unspecified atom stereocenters. The van der Waals surface area contributed by atoms with E-state index in [1.54, 1.807) is 4.90 Å². The average Bonchev–Trinajstić information content (AvgIpc) is 3.20. The van der Waals surface area contributed by atoms with Crippen molar-refractivity contribution in [3.05, 3.63) is 59.2 Å². The molecule has 4 rings (SSSR count). The molecule has 0 spiro atoms. The minimum absolute atomic E-state index is 0.0136. The molecule has 25 heavy (non-hydrogen) atoms. The second kappa shape index (κ2) is 6.36. The van der Waals surface area contributed by atoms with Gasteiger partial charge in [0.1, 0.15) is 0 Å². The maximum atomic E-state index is 12.6. The summed E-state index contributed by atoms with van der Waals surface area (Å²) in [5, 5.41) is 3.00. The van der Waals surface area contributed by atoms with Crippen LogP contribution in [0.1, 0.15) is 29.5 Å². The molecule has 1 heterocycles. The summed E-state index contributed by atoms with van der Waals surface area (Å²) in [6.45, 7) is 2.45. The topological polar surface area (TPSA) is 49.4 Å². The van der Waals surface area contributed by atoms with E-state index in [0.717, 1.165) is 29.8 Å². The lowest BCUT2D eigenvalue weighted by molar-refractivity contribution is -0.122. The van der Waals surface area contributed by atoms with E-state index in [1.807, 2.05) is 37.3 Å². The molecule has 4 heteroatoms. The molecule has 0 radical (unpaired) electrons. The number of amides is 2. The molecule has 128 valence electrons. The van der Waals surface area contributed by atoms with E-state index in [2.05, 4.69) is 17.4 Å². The van der Waals surface area contributed by atoms with E-state index in [0.29, 0.717) is 6.54 Å². The van der Waals surface area contributed by atoms with E-state index >= 15 is 0 Å². The quantitative estimate of drug-likeness (QED) is 0.934. The van der Waals surface area contributed by atoms with Crippen molar-refractivity contribution in [2.45, 2.75) is 32.6 Å². The van der Waals surface area contributed by atoms with Crippen LogP contribution < -0.4 is 10.2 Å². The summed E-state index contributed by atoms with van der Waals surface area (Å²) in [5.74, 6) is -0.359. The number of nitrogens with one attached hydrogen (secondary N) is 1. The largest absolute Gasteiger partial charge is 0.326 e. The number of hydrogen-bond donors (Lipinski definition) is 1. The fourth-order valence-electron chi connectivity index (χ4n) is 3.82. The number of hydrogen-bond acceptors (Lipinski definition) is 2. The maximum absolute atomic E-state index is 12.6. The highest BCUT2D eigenvalue weighted by atomic mass is 16.2. The second-order valence-corrected chi connectivity index (χ2v) is 7.07. The van der Waals surface area contributed by atoms with Gasteiger partial charge in [0.15, 0.2) is 0 Å². The third kappa shape index (κ3) is 3.16. The zero-order valence-corrected chi connectivity index (χ0v) is 14.4. The van der Waals surface area contributed by atoms with Gasteiger partial charge in [-0.25, -0.2) is 0 Å². The number of fused-ring (bicyclic) bond motifs is 1. The summed E-state index contributed by atoms with van der Waals surface area (Å²) in [5.41, 5.74) is 5.54. The van der Waals surface area contributed by atoms with Crippen molar-refractivity contribution in [3.63, 3.8) is 0 Å². The molecule has 1 aliphatic carbocycles. The highest BCUT2D eigenvalue weighted by Crippen LogP contribution is 2.28. The monoisotopic (exact) mass is 334 g/mol. The lowest BCUT2D eigenvalue weighted by Gasteiger charge is -2.17. The van der Waals surface area contributed by atoms with Crippen molar-refractivity contribution >= 4 is 23.2 Å². The highest BCUT2D eigenvalue weighted by Gasteiger charge is 2.35. The number of nitrogens with zero attached hydrogens (tertiary/aromatic N) is 1. The van der Waals surface area contributed by atoms with Crippen LogP contribution in [0.2, 0.25) is 0 Å². The Labute approximate surface area is 147 Å². The smallest absolute Gasteiger partial charge is 0.229 e. The van der Waals surface area contributed by atoms with Gasteiger partial charge in [-0.1, -0.05) is 18.2 Å². The van der Waals surface area contributed by atoms with E-state index < -0.39 is 0 Å². The summed E-state index contributed by atoms with van der Waals surface area (Å²) in [4.78, 5) is 26.7. The normalized spacial score (nSPS) is 19.2. The highest BCUT2D eigenvalue weighted by molar-refractivity contribution is 6.03. The Morgan fingerprint density at radius 1 is 1.12 bits per heavy atom. The van der Waals surface area contributed by atoms with Crippen molar-refractivity contribution < 1.29 is 9.59 Å². The van der Waals surface area contributed by atoms with Gasteiger partial charge in [0.2, 0.25) is 11.8 Å². The third-order valence-corrected chi connectivity index (χ3v) is 5.18. The van der Waals surface area contributed by atoms with Gasteiger partial charge in [0, 0.05) is 24.3 Å². The molecule has 2 aromatic carbocycles. The Hall–Kier alpha value is -2.62. The van der Waals surface area contributed by atoms with Crippen LogP contribution in [0.4, 0.5) is 11.4 Å². The van der Waals surface area contributed by atoms with Gasteiger partial charge in [-0.2, -0.15) is 0 Å². The molecule has 0 aromatic heterocycles. The number of carbonyl (C=O) groups is 2. The van der Waals surface area contributed by atoms with Gasteiger partial charge in [0.05, 0.1) is 5.92 Å². The number of anilines is 2. The van der Waals surface area contributed by atoms with E-state index in [9.17, 15) is 9.59 Å². The van der Waals surface area contributed by atoms with Crippen molar-refractivity contribution in [1.82, 2.24) is 0 Å². The molecule has 2 aromatic rings. The van der Waals surface area contributed by atoms with Crippen LogP contribution in [0, 0.1) is 12.8 Å². The molecule has 1 fully saturated rings. The van der Waals surface area contributed by atoms with Crippen LogP contribution in [0.3, 0.4) is 0 Å². The predicted molar refractivity (Wildman–Crippen MR) is 98.7 cm³/mol. The number of rotatable bonds is 3. The fraction of sp³-hybridized carbons (Fsp3) is 0.333. The standard InChI is InChI=1S/C21H22N2O2/c1-14-4-2-7-19(10-14)23-13-17(12-20(23)24)21(25)22-18-9-8-15-5-3-6-16(15)11-18/h2,4,7-11,17H,3,5-6,12-13H2,1H3,(H,22,25)/t17-/m1/s1. The Balaban J connectivity index is 1.45. The van der Waals surface area contributed by atoms with Gasteiger partial charge >= 0.3 is 0 Å². The van der Waals surface area contributed by atoms with E-state index in [1.165, 1.54) is 17.5 Å².